The molecule has 2 rings (SSSR count). The van der Waals surface area contributed by atoms with Crippen LogP contribution in [0.4, 0.5) is 17.3 Å². The number of hydrogen-bond acceptors (Lipinski definition) is 5. The highest BCUT2D eigenvalue weighted by Gasteiger charge is 2.04. The number of anilines is 3. The van der Waals surface area contributed by atoms with Crippen LogP contribution in [-0.2, 0) is 0 Å². The summed E-state index contributed by atoms with van der Waals surface area (Å²) in [4.78, 5) is 8.00. The lowest BCUT2D eigenvalue weighted by Gasteiger charge is -2.09. The van der Waals surface area contributed by atoms with Crippen molar-refractivity contribution in [1.82, 2.24) is 9.97 Å². The normalized spacial score (nSPS) is 10.0. The van der Waals surface area contributed by atoms with Gasteiger partial charge in [0.15, 0.2) is 11.6 Å². The molecule has 0 aliphatic heterocycles. The number of nitrogens with zero attached hydrogens (tertiary/aromatic N) is 2. The highest BCUT2D eigenvalue weighted by atomic mass is 35.5. The zero-order valence-corrected chi connectivity index (χ0v) is 9.90. The monoisotopic (exact) mass is 250 g/mol. The quantitative estimate of drug-likeness (QED) is 0.875. The Morgan fingerprint density at radius 3 is 2.71 bits per heavy atom. The molecule has 1 aromatic heterocycles. The van der Waals surface area contributed by atoms with Crippen molar-refractivity contribution in [3.05, 3.63) is 35.6 Å². The second kappa shape index (κ2) is 4.88. The fourth-order valence-corrected chi connectivity index (χ4v) is 1.58. The van der Waals surface area contributed by atoms with Gasteiger partial charge in [0.2, 0.25) is 0 Å². The van der Waals surface area contributed by atoms with E-state index in [1.165, 1.54) is 6.20 Å². The lowest BCUT2D eigenvalue weighted by molar-refractivity contribution is 0.415. The van der Waals surface area contributed by atoms with Crippen molar-refractivity contribution in [2.24, 2.45) is 0 Å². The molecule has 0 fully saturated rings. The second-order valence-corrected chi connectivity index (χ2v) is 3.67. The number of halogens is 1. The minimum Gasteiger partial charge on any atom is -0.495 e. The molecule has 0 amide bonds. The van der Waals surface area contributed by atoms with Gasteiger partial charge in [0.1, 0.15) is 5.75 Å². The van der Waals surface area contributed by atoms with Gasteiger partial charge in [-0.05, 0) is 18.2 Å². The molecule has 0 saturated heterocycles. The smallest absolute Gasteiger partial charge is 0.173 e. The third-order valence-corrected chi connectivity index (χ3v) is 2.44. The van der Waals surface area contributed by atoms with E-state index in [0.717, 1.165) is 5.69 Å². The molecular weight excluding hydrogens is 240 g/mol. The molecular formula is C11H11ClN4O. The van der Waals surface area contributed by atoms with E-state index in [1.54, 1.807) is 25.4 Å². The lowest BCUT2D eigenvalue weighted by atomic mass is 10.3. The molecule has 0 unspecified atom stereocenters. The van der Waals surface area contributed by atoms with E-state index in [9.17, 15) is 0 Å². The molecule has 88 valence electrons. The number of nitrogens with one attached hydrogen (secondary N) is 1. The SMILES string of the molecule is COc1ccc(Nc2nccnc2N)cc1Cl. The maximum Gasteiger partial charge on any atom is 0.173 e. The largest absolute Gasteiger partial charge is 0.495 e. The van der Waals surface area contributed by atoms with Crippen molar-refractivity contribution in [3.63, 3.8) is 0 Å². The van der Waals surface area contributed by atoms with Crippen LogP contribution in [0.5, 0.6) is 5.75 Å². The van der Waals surface area contributed by atoms with Crippen LogP contribution in [0.15, 0.2) is 30.6 Å². The summed E-state index contributed by atoms with van der Waals surface area (Å²) in [6, 6.07) is 5.31. The van der Waals surface area contributed by atoms with E-state index >= 15 is 0 Å². The first kappa shape index (κ1) is 11.5. The van der Waals surface area contributed by atoms with Crippen LogP contribution >= 0.6 is 11.6 Å². The summed E-state index contributed by atoms with van der Waals surface area (Å²) in [7, 11) is 1.56. The molecule has 0 aliphatic rings. The van der Waals surface area contributed by atoms with E-state index in [-0.39, 0.29) is 0 Å². The van der Waals surface area contributed by atoms with E-state index in [2.05, 4.69) is 15.3 Å². The highest BCUT2D eigenvalue weighted by molar-refractivity contribution is 6.32. The maximum absolute atomic E-state index is 6.00. The number of methoxy groups -OCH3 is 1. The maximum atomic E-state index is 6.00. The van der Waals surface area contributed by atoms with Gasteiger partial charge in [0.05, 0.1) is 12.1 Å². The van der Waals surface area contributed by atoms with E-state index < -0.39 is 0 Å². The fraction of sp³-hybridized carbons (Fsp3) is 0.0909. The minimum absolute atomic E-state index is 0.333. The molecule has 0 radical (unpaired) electrons. The number of benzene rings is 1. The molecule has 0 bridgehead atoms. The van der Waals surface area contributed by atoms with Crippen LogP contribution in [0.1, 0.15) is 0 Å². The molecule has 0 saturated carbocycles. The first-order chi connectivity index (χ1) is 8.20. The van der Waals surface area contributed by atoms with Crippen LogP contribution in [0.3, 0.4) is 0 Å². The molecule has 1 aromatic carbocycles. The van der Waals surface area contributed by atoms with Crippen LogP contribution in [0.25, 0.3) is 0 Å². The Hall–Kier alpha value is -2.01. The Bertz CT molecular complexity index is 533. The van der Waals surface area contributed by atoms with Gasteiger partial charge in [-0.15, -0.1) is 0 Å². The fourth-order valence-electron chi connectivity index (χ4n) is 1.33. The summed E-state index contributed by atoms with van der Waals surface area (Å²) in [5.41, 5.74) is 6.44. The van der Waals surface area contributed by atoms with E-state index in [4.69, 9.17) is 22.1 Å². The number of ether oxygens (including phenoxy) is 1. The van der Waals surface area contributed by atoms with Gasteiger partial charge in [0, 0.05) is 18.1 Å². The molecule has 3 N–H and O–H groups in total. The average Bonchev–Trinajstić information content (AvgIpc) is 2.32. The summed E-state index contributed by atoms with van der Waals surface area (Å²) in [6.45, 7) is 0. The van der Waals surface area contributed by atoms with Gasteiger partial charge in [-0.3, -0.25) is 0 Å². The predicted molar refractivity (Wildman–Crippen MR) is 67.7 cm³/mol. The summed E-state index contributed by atoms with van der Waals surface area (Å²) in [5.74, 6) is 1.44. The summed E-state index contributed by atoms with van der Waals surface area (Å²) < 4.78 is 5.06. The standard InChI is InChI=1S/C11H11ClN4O/c1-17-9-3-2-7(6-8(9)12)16-11-10(13)14-4-5-15-11/h2-6H,1H3,(H2,13,14)(H,15,16). The van der Waals surface area contributed by atoms with Gasteiger partial charge >= 0.3 is 0 Å². The topological polar surface area (TPSA) is 73.1 Å². The molecule has 0 aliphatic carbocycles. The van der Waals surface area contributed by atoms with E-state index in [0.29, 0.717) is 22.4 Å². The molecule has 0 atom stereocenters. The molecule has 0 spiro atoms. The van der Waals surface area contributed by atoms with Gasteiger partial charge < -0.3 is 15.8 Å². The molecule has 1 heterocycles. The zero-order valence-electron chi connectivity index (χ0n) is 9.14. The van der Waals surface area contributed by atoms with Crippen LogP contribution in [0, 0.1) is 0 Å². The van der Waals surface area contributed by atoms with Crippen molar-refractivity contribution in [1.29, 1.82) is 0 Å². The Labute approximate surface area is 104 Å². The minimum atomic E-state index is 0.333. The molecule has 6 heteroatoms. The van der Waals surface area contributed by atoms with E-state index in [1.807, 2.05) is 6.07 Å². The number of rotatable bonds is 3. The Kier molecular flexibility index (Phi) is 3.30. The van der Waals surface area contributed by atoms with Crippen molar-refractivity contribution in [3.8, 4) is 5.75 Å². The van der Waals surface area contributed by atoms with Crippen LogP contribution in [0.2, 0.25) is 5.02 Å². The summed E-state index contributed by atoms with van der Waals surface area (Å²) in [5, 5.41) is 3.54. The number of nitrogens with two attached hydrogens (primary N) is 1. The third-order valence-electron chi connectivity index (χ3n) is 2.14. The Balaban J connectivity index is 2.25. The number of aromatic nitrogens is 2. The van der Waals surface area contributed by atoms with Crippen molar-refractivity contribution in [2.75, 3.05) is 18.2 Å². The van der Waals surface area contributed by atoms with Crippen molar-refractivity contribution < 1.29 is 4.74 Å². The van der Waals surface area contributed by atoms with Crippen molar-refractivity contribution >= 4 is 28.9 Å². The third kappa shape index (κ3) is 2.57. The first-order valence-corrected chi connectivity index (χ1v) is 5.25. The van der Waals surface area contributed by atoms with Gasteiger partial charge in [-0.2, -0.15) is 0 Å². The molecule has 17 heavy (non-hydrogen) atoms. The highest BCUT2D eigenvalue weighted by Crippen LogP contribution is 2.29. The summed E-state index contributed by atoms with van der Waals surface area (Å²) in [6.07, 6.45) is 3.09. The predicted octanol–water partition coefficient (Wildman–Crippen LogP) is 2.46. The van der Waals surface area contributed by atoms with Gasteiger partial charge in [0.25, 0.3) is 0 Å². The van der Waals surface area contributed by atoms with Gasteiger partial charge in [-0.25, -0.2) is 9.97 Å². The Morgan fingerprint density at radius 1 is 1.29 bits per heavy atom. The Morgan fingerprint density at radius 2 is 2.06 bits per heavy atom. The lowest BCUT2D eigenvalue weighted by Crippen LogP contribution is -2.00. The molecule has 5 nitrogen and oxygen atoms in total. The number of nitrogen functional groups attached to an aromatic ring is 1. The van der Waals surface area contributed by atoms with Crippen molar-refractivity contribution in [2.45, 2.75) is 0 Å². The zero-order chi connectivity index (χ0) is 12.3. The summed E-state index contributed by atoms with van der Waals surface area (Å²) >= 11 is 6.00. The number of hydrogen-bond donors (Lipinski definition) is 2. The van der Waals surface area contributed by atoms with Gasteiger partial charge in [-0.1, -0.05) is 11.6 Å². The average molecular weight is 251 g/mol. The first-order valence-electron chi connectivity index (χ1n) is 4.88. The van der Waals surface area contributed by atoms with Crippen LogP contribution in [-0.4, -0.2) is 17.1 Å². The second-order valence-electron chi connectivity index (χ2n) is 3.26. The van der Waals surface area contributed by atoms with Crippen LogP contribution < -0.4 is 15.8 Å². The molecule has 2 aromatic rings.